The molecule has 2 N–H and O–H groups in total. The Hall–Kier alpha value is -2.23. The van der Waals surface area contributed by atoms with Gasteiger partial charge in [-0.1, -0.05) is 49.9 Å². The van der Waals surface area contributed by atoms with Gasteiger partial charge in [0, 0.05) is 36.4 Å². The minimum atomic E-state index is 0. The third kappa shape index (κ3) is 6.46. The first-order valence-corrected chi connectivity index (χ1v) is 9.52. The average molecular weight is 364 g/mol. The maximum absolute atomic E-state index is 4.18. The molecule has 3 rings (SSSR count). The molecule has 0 fully saturated rings. The Balaban J connectivity index is 0.00000261. The maximum Gasteiger partial charge on any atom is 0.0346 e. The van der Waals surface area contributed by atoms with E-state index in [-0.39, 0.29) is 7.43 Å². The number of hydrogen-bond donors (Lipinski definition) is 2. The molecule has 2 atom stereocenters. The van der Waals surface area contributed by atoms with Gasteiger partial charge in [-0.3, -0.25) is 4.98 Å². The number of benzene rings is 2. The second-order valence-corrected chi connectivity index (χ2v) is 7.08. The molecule has 1 aromatic heterocycles. The summed E-state index contributed by atoms with van der Waals surface area (Å²) in [7, 11) is 2.07. The Morgan fingerprint density at radius 2 is 1.78 bits per heavy atom. The van der Waals surface area contributed by atoms with Crippen molar-refractivity contribution in [1.29, 1.82) is 0 Å². The molecule has 1 heterocycles. The molecule has 27 heavy (non-hydrogen) atoms. The predicted octanol–water partition coefficient (Wildman–Crippen LogP) is 4.96. The maximum atomic E-state index is 4.18. The largest absolute Gasteiger partial charge is 0.317 e. The Morgan fingerprint density at radius 1 is 0.963 bits per heavy atom. The van der Waals surface area contributed by atoms with E-state index < -0.39 is 0 Å². The first-order chi connectivity index (χ1) is 12.7. The second kappa shape index (κ2) is 10.8. The summed E-state index contributed by atoms with van der Waals surface area (Å²) >= 11 is 0. The van der Waals surface area contributed by atoms with E-state index in [4.69, 9.17) is 0 Å². The van der Waals surface area contributed by atoms with Gasteiger partial charge in [0.2, 0.25) is 0 Å². The van der Waals surface area contributed by atoms with Crippen molar-refractivity contribution in [2.24, 2.45) is 0 Å². The van der Waals surface area contributed by atoms with Crippen LogP contribution in [-0.4, -0.2) is 24.1 Å². The number of rotatable bonds is 9. The lowest BCUT2D eigenvalue weighted by Crippen LogP contribution is -2.35. The average Bonchev–Trinajstić information content (AvgIpc) is 2.70. The van der Waals surface area contributed by atoms with Gasteiger partial charge in [-0.05, 0) is 61.9 Å². The zero-order valence-electron chi connectivity index (χ0n) is 15.8. The number of pyridine rings is 1. The molecule has 3 nitrogen and oxygen atoms in total. The highest BCUT2D eigenvalue weighted by Crippen LogP contribution is 2.15. The standard InChI is InChI=1S/C23H29N3.CH4/c1-18(14-23(24-2)11-9-19-6-4-3-5-7-19)26-16-20-8-10-22-17-25-13-12-21(22)15-20;/h3-8,10,12-13,15,17-18,23-24,26H,9,11,14,16H2,1-2H3;1H4/t18-,23?;/m1./s1. The number of hydrogen-bond acceptors (Lipinski definition) is 3. The smallest absolute Gasteiger partial charge is 0.0346 e. The first kappa shape index (κ1) is 21.1. The number of aromatic nitrogens is 1. The van der Waals surface area contributed by atoms with Gasteiger partial charge in [-0.2, -0.15) is 0 Å². The topological polar surface area (TPSA) is 37.0 Å². The molecule has 1 unspecified atom stereocenters. The van der Waals surface area contributed by atoms with Gasteiger partial charge in [0.1, 0.15) is 0 Å². The van der Waals surface area contributed by atoms with Crippen LogP contribution < -0.4 is 10.6 Å². The van der Waals surface area contributed by atoms with E-state index in [9.17, 15) is 0 Å². The SMILES string of the molecule is C.CNC(CCc1ccccc1)C[C@@H](C)NCc1ccc2cnccc2c1. The molecule has 2 aromatic carbocycles. The van der Waals surface area contributed by atoms with Crippen molar-refractivity contribution in [2.45, 2.75) is 52.2 Å². The monoisotopic (exact) mass is 363 g/mol. The Labute approximate surface area is 164 Å². The first-order valence-electron chi connectivity index (χ1n) is 9.52. The molecule has 144 valence electrons. The van der Waals surface area contributed by atoms with Crippen molar-refractivity contribution in [1.82, 2.24) is 15.6 Å². The number of aryl methyl sites for hydroxylation is 1. The molecule has 0 spiro atoms. The van der Waals surface area contributed by atoms with Crippen molar-refractivity contribution in [3.63, 3.8) is 0 Å². The quantitative estimate of drug-likeness (QED) is 0.564. The highest BCUT2D eigenvalue weighted by Gasteiger charge is 2.11. The fourth-order valence-electron chi connectivity index (χ4n) is 3.41. The summed E-state index contributed by atoms with van der Waals surface area (Å²) in [6, 6.07) is 20.4. The fourth-order valence-corrected chi connectivity index (χ4v) is 3.41. The third-order valence-electron chi connectivity index (χ3n) is 5.03. The summed E-state index contributed by atoms with van der Waals surface area (Å²) in [6.07, 6.45) is 7.18. The van der Waals surface area contributed by atoms with Gasteiger partial charge in [0.25, 0.3) is 0 Å². The minimum Gasteiger partial charge on any atom is -0.317 e. The van der Waals surface area contributed by atoms with Crippen molar-refractivity contribution < 1.29 is 0 Å². The summed E-state index contributed by atoms with van der Waals surface area (Å²) < 4.78 is 0. The van der Waals surface area contributed by atoms with Gasteiger partial charge in [-0.15, -0.1) is 0 Å². The van der Waals surface area contributed by atoms with Gasteiger partial charge >= 0.3 is 0 Å². The lowest BCUT2D eigenvalue weighted by molar-refractivity contribution is 0.408. The van der Waals surface area contributed by atoms with Crippen LogP contribution >= 0.6 is 0 Å². The van der Waals surface area contributed by atoms with E-state index in [1.54, 1.807) is 0 Å². The highest BCUT2D eigenvalue weighted by atomic mass is 14.9. The molecule has 0 saturated heterocycles. The molecule has 0 amide bonds. The van der Waals surface area contributed by atoms with E-state index in [1.807, 2.05) is 12.4 Å². The van der Waals surface area contributed by atoms with Crippen LogP contribution in [0.15, 0.2) is 67.0 Å². The number of nitrogens with zero attached hydrogens (tertiary/aromatic N) is 1. The fraction of sp³-hybridized carbons (Fsp3) is 0.375. The summed E-state index contributed by atoms with van der Waals surface area (Å²) in [5.41, 5.74) is 2.74. The van der Waals surface area contributed by atoms with Crippen molar-refractivity contribution in [2.75, 3.05) is 7.05 Å². The molecule has 0 aliphatic rings. The van der Waals surface area contributed by atoms with Gasteiger partial charge in [-0.25, -0.2) is 0 Å². The number of nitrogens with one attached hydrogen (secondary N) is 2. The van der Waals surface area contributed by atoms with Crippen molar-refractivity contribution >= 4 is 10.8 Å². The second-order valence-electron chi connectivity index (χ2n) is 7.08. The van der Waals surface area contributed by atoms with E-state index >= 15 is 0 Å². The Bertz CT molecular complexity index is 801. The van der Waals surface area contributed by atoms with Crippen LogP contribution in [0, 0.1) is 0 Å². The van der Waals surface area contributed by atoms with Gasteiger partial charge < -0.3 is 10.6 Å². The van der Waals surface area contributed by atoms with Crippen LogP contribution in [0.1, 0.15) is 38.3 Å². The van der Waals surface area contributed by atoms with Crippen molar-refractivity contribution in [3.8, 4) is 0 Å². The van der Waals surface area contributed by atoms with Gasteiger partial charge in [0.05, 0.1) is 0 Å². The molecule has 0 radical (unpaired) electrons. The predicted molar refractivity (Wildman–Crippen MR) is 117 cm³/mol. The zero-order valence-corrected chi connectivity index (χ0v) is 15.8. The van der Waals surface area contributed by atoms with Crippen LogP contribution in [-0.2, 0) is 13.0 Å². The lowest BCUT2D eigenvalue weighted by atomic mass is 10.00. The van der Waals surface area contributed by atoms with Crippen LogP contribution in [0.5, 0.6) is 0 Å². The molecule has 0 aliphatic carbocycles. The lowest BCUT2D eigenvalue weighted by Gasteiger charge is -2.22. The zero-order chi connectivity index (χ0) is 18.2. The van der Waals surface area contributed by atoms with Crippen molar-refractivity contribution in [3.05, 3.63) is 78.1 Å². The molecule has 3 aromatic rings. The molecule has 0 aliphatic heterocycles. The molecule has 0 saturated carbocycles. The third-order valence-corrected chi connectivity index (χ3v) is 5.03. The normalized spacial score (nSPS) is 13.1. The summed E-state index contributed by atoms with van der Waals surface area (Å²) in [5, 5.41) is 9.60. The van der Waals surface area contributed by atoms with E-state index in [0.29, 0.717) is 12.1 Å². The molecular formula is C24H33N3. The Morgan fingerprint density at radius 3 is 2.56 bits per heavy atom. The van der Waals surface area contributed by atoms with Gasteiger partial charge in [0.15, 0.2) is 0 Å². The van der Waals surface area contributed by atoms with E-state index in [0.717, 1.165) is 25.8 Å². The number of fused-ring (bicyclic) bond motifs is 1. The molecular weight excluding hydrogens is 330 g/mol. The van der Waals surface area contributed by atoms with E-state index in [2.05, 4.69) is 84.2 Å². The van der Waals surface area contributed by atoms with E-state index in [1.165, 1.54) is 21.9 Å². The molecule has 3 heteroatoms. The highest BCUT2D eigenvalue weighted by molar-refractivity contribution is 5.81. The minimum absolute atomic E-state index is 0. The molecule has 0 bridgehead atoms. The summed E-state index contributed by atoms with van der Waals surface area (Å²) in [4.78, 5) is 4.18. The van der Waals surface area contributed by atoms with Crippen LogP contribution in [0.2, 0.25) is 0 Å². The van der Waals surface area contributed by atoms with Crippen LogP contribution in [0.4, 0.5) is 0 Å². The van der Waals surface area contributed by atoms with Crippen LogP contribution in [0.3, 0.4) is 0 Å². The summed E-state index contributed by atoms with van der Waals surface area (Å²) in [6.45, 7) is 3.17. The summed E-state index contributed by atoms with van der Waals surface area (Å²) in [5.74, 6) is 0. The van der Waals surface area contributed by atoms with Crippen LogP contribution in [0.25, 0.3) is 10.8 Å². The Kier molecular flexibility index (Phi) is 8.43.